The molecular weight excluding hydrogens is 404 g/mol. The van der Waals surface area contributed by atoms with Crippen LogP contribution < -0.4 is 5.32 Å². The molecule has 3 aliphatic rings. The molecule has 1 heterocycles. The van der Waals surface area contributed by atoms with Gasteiger partial charge in [-0.15, -0.1) is 0 Å². The van der Waals surface area contributed by atoms with Crippen LogP contribution in [0.1, 0.15) is 42.1 Å². The van der Waals surface area contributed by atoms with Gasteiger partial charge in [-0.25, -0.2) is 0 Å². The monoisotopic (exact) mass is 430 g/mol. The van der Waals surface area contributed by atoms with Crippen molar-refractivity contribution in [3.63, 3.8) is 0 Å². The second-order valence-electron chi connectivity index (χ2n) is 9.26. The Morgan fingerprint density at radius 2 is 1.62 bits per heavy atom. The third-order valence-corrected chi connectivity index (χ3v) is 7.38. The molecule has 2 aliphatic carbocycles. The number of likely N-dealkylation sites (tertiary alicyclic amines) is 1. The molecule has 3 amide bonds. The molecule has 3 fully saturated rings. The number of amides is 3. The lowest BCUT2D eigenvalue weighted by atomic mass is 9.81. The van der Waals surface area contributed by atoms with Crippen molar-refractivity contribution in [2.24, 2.45) is 23.7 Å². The van der Waals surface area contributed by atoms with Gasteiger partial charge in [0.25, 0.3) is 0 Å². The van der Waals surface area contributed by atoms with E-state index < -0.39 is 11.9 Å². The molecule has 1 saturated heterocycles. The van der Waals surface area contributed by atoms with E-state index in [9.17, 15) is 19.2 Å². The van der Waals surface area contributed by atoms with Gasteiger partial charge in [0.2, 0.25) is 17.7 Å². The van der Waals surface area contributed by atoms with Crippen LogP contribution in [0.2, 0.25) is 0 Å². The number of nitrogens with one attached hydrogen (secondary N) is 1. The Bertz CT molecular complexity index is 1070. The second kappa shape index (κ2) is 8.01. The summed E-state index contributed by atoms with van der Waals surface area (Å²) in [6.45, 7) is 1.47. The highest BCUT2D eigenvalue weighted by Crippen LogP contribution is 2.56. The highest BCUT2D eigenvalue weighted by molar-refractivity contribution is 6.10. The van der Waals surface area contributed by atoms with Crippen molar-refractivity contribution in [1.29, 1.82) is 0 Å². The van der Waals surface area contributed by atoms with Gasteiger partial charge < -0.3 is 5.32 Å². The Morgan fingerprint density at radius 1 is 0.969 bits per heavy atom. The zero-order valence-electron chi connectivity index (χ0n) is 18.0. The summed E-state index contributed by atoms with van der Waals surface area (Å²) in [4.78, 5) is 53.2. The van der Waals surface area contributed by atoms with Gasteiger partial charge >= 0.3 is 0 Å². The molecule has 1 aliphatic heterocycles. The van der Waals surface area contributed by atoms with Gasteiger partial charge in [-0.2, -0.15) is 0 Å². The van der Waals surface area contributed by atoms with E-state index in [0.717, 1.165) is 24.8 Å². The lowest BCUT2D eigenvalue weighted by molar-refractivity contribution is -0.147. The maximum atomic E-state index is 13.4. The first-order valence-electron chi connectivity index (χ1n) is 11.3. The Balaban J connectivity index is 1.45. The molecule has 0 aromatic heterocycles. The van der Waals surface area contributed by atoms with Crippen LogP contribution in [0.3, 0.4) is 0 Å². The third-order valence-electron chi connectivity index (χ3n) is 7.38. The summed E-state index contributed by atoms with van der Waals surface area (Å²) in [5.74, 6) is -0.916. The maximum absolute atomic E-state index is 13.4. The average molecular weight is 431 g/mol. The number of rotatable bonds is 6. The normalized spacial score (nSPS) is 26.8. The van der Waals surface area contributed by atoms with Gasteiger partial charge in [0, 0.05) is 17.7 Å². The summed E-state index contributed by atoms with van der Waals surface area (Å²) < 4.78 is 0. The first-order valence-corrected chi connectivity index (χ1v) is 11.3. The van der Waals surface area contributed by atoms with E-state index in [1.165, 1.54) is 11.8 Å². The molecule has 164 valence electrons. The zero-order chi connectivity index (χ0) is 22.4. The SMILES string of the molecule is CC(=O)c1cccc(NC(=O)[C@H](Cc2ccccc2)N2C(=O)[C@@H]3[C@H]4CC[C@H](C4)[C@@H]3C2=O)c1. The Kier molecular flexibility index (Phi) is 5.16. The Morgan fingerprint density at radius 3 is 2.25 bits per heavy atom. The van der Waals surface area contributed by atoms with Crippen LogP contribution in [0.25, 0.3) is 0 Å². The molecule has 5 atom stereocenters. The van der Waals surface area contributed by atoms with E-state index >= 15 is 0 Å². The molecule has 5 rings (SSSR count). The van der Waals surface area contributed by atoms with Crippen LogP contribution in [0.15, 0.2) is 54.6 Å². The number of benzene rings is 2. The zero-order valence-corrected chi connectivity index (χ0v) is 18.0. The largest absolute Gasteiger partial charge is 0.324 e. The molecule has 2 saturated carbocycles. The number of anilines is 1. The molecule has 6 nitrogen and oxygen atoms in total. The van der Waals surface area contributed by atoms with Crippen LogP contribution in [0.5, 0.6) is 0 Å². The average Bonchev–Trinajstić information content (AvgIpc) is 3.47. The number of ketones is 1. The van der Waals surface area contributed by atoms with E-state index in [-0.39, 0.29) is 47.7 Å². The van der Waals surface area contributed by atoms with Crippen LogP contribution in [0, 0.1) is 23.7 Å². The highest BCUT2D eigenvalue weighted by Gasteiger charge is 2.62. The first kappa shape index (κ1) is 20.6. The fourth-order valence-corrected chi connectivity index (χ4v) is 5.92. The molecule has 2 aromatic rings. The van der Waals surface area contributed by atoms with E-state index in [4.69, 9.17) is 0 Å². The smallest absolute Gasteiger partial charge is 0.248 e. The van der Waals surface area contributed by atoms with Gasteiger partial charge in [0.1, 0.15) is 6.04 Å². The van der Waals surface area contributed by atoms with Crippen molar-refractivity contribution in [2.75, 3.05) is 5.32 Å². The third kappa shape index (κ3) is 3.44. The number of hydrogen-bond acceptors (Lipinski definition) is 4. The molecular formula is C26H26N2O4. The van der Waals surface area contributed by atoms with Crippen molar-refractivity contribution in [1.82, 2.24) is 4.90 Å². The fourth-order valence-electron chi connectivity index (χ4n) is 5.92. The summed E-state index contributed by atoms with van der Waals surface area (Å²) >= 11 is 0. The standard InChI is InChI=1S/C26H26N2O4/c1-15(29)17-8-5-9-20(14-17)27-24(30)21(12-16-6-3-2-4-7-16)28-25(31)22-18-10-11-19(13-18)23(22)26(28)32/h2-9,14,18-19,21-23H,10-13H2,1H3,(H,27,30)/t18-,19+,21-,22+,23-/m0/s1. The fraction of sp³-hybridized carbons (Fsp3) is 0.385. The van der Waals surface area contributed by atoms with E-state index in [1.54, 1.807) is 24.3 Å². The highest BCUT2D eigenvalue weighted by atomic mass is 16.2. The summed E-state index contributed by atoms with van der Waals surface area (Å²) in [5, 5.41) is 2.84. The molecule has 2 bridgehead atoms. The molecule has 32 heavy (non-hydrogen) atoms. The number of hydrogen-bond donors (Lipinski definition) is 1. The van der Waals surface area contributed by atoms with Crippen LogP contribution in [0.4, 0.5) is 5.69 Å². The van der Waals surface area contributed by atoms with E-state index in [2.05, 4.69) is 5.32 Å². The van der Waals surface area contributed by atoms with Gasteiger partial charge in [0.05, 0.1) is 11.8 Å². The van der Waals surface area contributed by atoms with Crippen molar-refractivity contribution in [2.45, 2.75) is 38.6 Å². The molecule has 0 spiro atoms. The Hall–Kier alpha value is -3.28. The number of imide groups is 1. The quantitative estimate of drug-likeness (QED) is 0.562. The molecule has 0 unspecified atom stereocenters. The van der Waals surface area contributed by atoms with Crippen molar-refractivity contribution in [3.8, 4) is 0 Å². The molecule has 1 N–H and O–H groups in total. The van der Waals surface area contributed by atoms with Gasteiger partial charge in [-0.1, -0.05) is 42.5 Å². The topological polar surface area (TPSA) is 83.6 Å². The molecule has 6 heteroatoms. The van der Waals surface area contributed by atoms with Crippen LogP contribution in [-0.2, 0) is 20.8 Å². The summed E-state index contributed by atoms with van der Waals surface area (Å²) in [5.41, 5.74) is 1.84. The predicted octanol–water partition coefficient (Wildman–Crippen LogP) is 3.47. The minimum Gasteiger partial charge on any atom is -0.324 e. The van der Waals surface area contributed by atoms with Gasteiger partial charge in [0.15, 0.2) is 5.78 Å². The minimum absolute atomic E-state index is 0.102. The maximum Gasteiger partial charge on any atom is 0.248 e. The van der Waals surface area contributed by atoms with Gasteiger partial charge in [-0.05, 0) is 55.7 Å². The number of carbonyl (C=O) groups excluding carboxylic acids is 4. The summed E-state index contributed by atoms with van der Waals surface area (Å²) in [6, 6.07) is 15.2. The predicted molar refractivity (Wildman–Crippen MR) is 119 cm³/mol. The summed E-state index contributed by atoms with van der Waals surface area (Å²) in [7, 11) is 0. The lowest BCUT2D eigenvalue weighted by Gasteiger charge is -2.27. The number of fused-ring (bicyclic) bond motifs is 5. The van der Waals surface area contributed by atoms with Crippen LogP contribution in [-0.4, -0.2) is 34.4 Å². The molecule has 2 aromatic carbocycles. The van der Waals surface area contributed by atoms with Crippen molar-refractivity contribution < 1.29 is 19.2 Å². The van der Waals surface area contributed by atoms with E-state index in [0.29, 0.717) is 11.3 Å². The number of Topliss-reactive ketones (excluding diaryl/α,β-unsaturated/α-hetero) is 1. The number of nitrogens with zero attached hydrogens (tertiary/aromatic N) is 1. The minimum atomic E-state index is -0.927. The molecule has 0 radical (unpaired) electrons. The van der Waals surface area contributed by atoms with Crippen LogP contribution >= 0.6 is 0 Å². The van der Waals surface area contributed by atoms with Gasteiger partial charge in [-0.3, -0.25) is 24.1 Å². The van der Waals surface area contributed by atoms with Crippen molar-refractivity contribution >= 4 is 29.2 Å². The lowest BCUT2D eigenvalue weighted by Crippen LogP contribution is -2.49. The second-order valence-corrected chi connectivity index (χ2v) is 9.26. The first-order chi connectivity index (χ1) is 15.4. The number of carbonyl (C=O) groups is 4. The summed E-state index contributed by atoms with van der Waals surface area (Å²) in [6.07, 6.45) is 3.19. The van der Waals surface area contributed by atoms with Crippen molar-refractivity contribution in [3.05, 3.63) is 65.7 Å². The van der Waals surface area contributed by atoms with E-state index in [1.807, 2.05) is 30.3 Å². The Labute approximate surface area is 187 Å².